The Kier molecular flexibility index (Phi) is 4.45. The summed E-state index contributed by atoms with van der Waals surface area (Å²) < 4.78 is 5.81. The minimum atomic E-state index is 0.0865. The highest BCUT2D eigenvalue weighted by Crippen LogP contribution is 2.27. The van der Waals surface area contributed by atoms with Crippen LogP contribution in [0.3, 0.4) is 0 Å². The molecule has 1 aromatic carbocycles. The Bertz CT molecular complexity index is 378. The molecule has 0 aromatic heterocycles. The average molecular weight is 252 g/mol. The Balaban J connectivity index is 2.21. The normalized spacial score (nSPS) is 22.4. The molecule has 0 spiro atoms. The highest BCUT2D eigenvalue weighted by Gasteiger charge is 2.26. The second kappa shape index (κ2) is 5.87. The molecule has 0 saturated carbocycles. The van der Waals surface area contributed by atoms with E-state index in [0.717, 1.165) is 18.1 Å². The number of nitrogens with two attached hydrogens (primary N) is 1. The van der Waals surface area contributed by atoms with E-state index in [9.17, 15) is 0 Å². The lowest BCUT2D eigenvalue weighted by atomic mass is 9.96. The summed E-state index contributed by atoms with van der Waals surface area (Å²) in [5.74, 6) is 7.79. The fourth-order valence-electron chi connectivity index (χ4n) is 2.27. The van der Waals surface area contributed by atoms with Crippen molar-refractivity contribution in [1.29, 1.82) is 0 Å². The second-order valence-electron chi connectivity index (χ2n) is 4.49. The van der Waals surface area contributed by atoms with E-state index in [1.54, 1.807) is 0 Å². The molecule has 1 saturated heterocycles. The summed E-state index contributed by atoms with van der Waals surface area (Å²) in [4.78, 5) is 0. The van der Waals surface area contributed by atoms with Crippen LogP contribution in [0.1, 0.15) is 22.7 Å². The van der Waals surface area contributed by atoms with Gasteiger partial charge in [0.2, 0.25) is 0 Å². The fourth-order valence-corrected chi connectivity index (χ4v) is 3.17. The smallest absolute Gasteiger partial charge is 0.0873 e. The van der Waals surface area contributed by atoms with Gasteiger partial charge in [-0.3, -0.25) is 11.3 Å². The monoisotopic (exact) mass is 252 g/mol. The molecule has 1 aliphatic heterocycles. The predicted molar refractivity (Wildman–Crippen MR) is 73.0 cm³/mol. The van der Waals surface area contributed by atoms with E-state index >= 15 is 0 Å². The summed E-state index contributed by atoms with van der Waals surface area (Å²) in [5, 5.41) is 0. The summed E-state index contributed by atoms with van der Waals surface area (Å²) in [7, 11) is 0. The van der Waals surface area contributed by atoms with Crippen molar-refractivity contribution in [2.24, 2.45) is 5.84 Å². The van der Waals surface area contributed by atoms with Crippen LogP contribution in [0.4, 0.5) is 0 Å². The molecule has 17 heavy (non-hydrogen) atoms. The van der Waals surface area contributed by atoms with Crippen LogP contribution in [0.15, 0.2) is 18.2 Å². The van der Waals surface area contributed by atoms with Crippen LogP contribution in [0.2, 0.25) is 0 Å². The van der Waals surface area contributed by atoms with E-state index in [1.807, 2.05) is 11.8 Å². The van der Waals surface area contributed by atoms with Gasteiger partial charge in [0.25, 0.3) is 0 Å². The molecule has 2 rings (SSSR count). The third-order valence-corrected chi connectivity index (χ3v) is 4.17. The third kappa shape index (κ3) is 3.01. The minimum absolute atomic E-state index is 0.0865. The van der Waals surface area contributed by atoms with Gasteiger partial charge < -0.3 is 4.74 Å². The number of rotatable bonds is 3. The Morgan fingerprint density at radius 3 is 2.88 bits per heavy atom. The Morgan fingerprint density at radius 1 is 1.47 bits per heavy atom. The molecule has 1 heterocycles. The molecule has 0 bridgehead atoms. The van der Waals surface area contributed by atoms with Gasteiger partial charge in [-0.05, 0) is 25.0 Å². The van der Waals surface area contributed by atoms with Gasteiger partial charge in [0, 0.05) is 11.5 Å². The molecular weight excluding hydrogens is 232 g/mol. The maximum absolute atomic E-state index is 5.81. The summed E-state index contributed by atoms with van der Waals surface area (Å²) >= 11 is 1.93. The van der Waals surface area contributed by atoms with E-state index in [-0.39, 0.29) is 12.1 Å². The summed E-state index contributed by atoms with van der Waals surface area (Å²) in [6.07, 6.45) is 0.167. The number of hydrogen-bond donors (Lipinski definition) is 2. The van der Waals surface area contributed by atoms with Crippen LogP contribution in [0, 0.1) is 13.8 Å². The van der Waals surface area contributed by atoms with Crippen molar-refractivity contribution in [3.8, 4) is 0 Å². The van der Waals surface area contributed by atoms with Gasteiger partial charge in [0.05, 0.1) is 18.8 Å². The highest BCUT2D eigenvalue weighted by molar-refractivity contribution is 7.99. The lowest BCUT2D eigenvalue weighted by Crippen LogP contribution is -2.41. The van der Waals surface area contributed by atoms with Crippen LogP contribution in [0.5, 0.6) is 0 Å². The third-order valence-electron chi connectivity index (χ3n) is 3.15. The average Bonchev–Trinajstić information content (AvgIpc) is 2.34. The number of benzene rings is 1. The van der Waals surface area contributed by atoms with Crippen molar-refractivity contribution in [2.75, 3.05) is 18.1 Å². The maximum atomic E-state index is 5.81. The molecule has 94 valence electrons. The SMILES string of the molecule is Cc1ccc(C(NN)C2CSCCO2)c(C)c1. The number of hydrogen-bond acceptors (Lipinski definition) is 4. The summed E-state index contributed by atoms with van der Waals surface area (Å²) in [5.41, 5.74) is 6.70. The van der Waals surface area contributed by atoms with Crippen LogP contribution >= 0.6 is 11.8 Å². The lowest BCUT2D eigenvalue weighted by molar-refractivity contribution is 0.0466. The first kappa shape index (κ1) is 12.9. The molecule has 2 unspecified atom stereocenters. The van der Waals surface area contributed by atoms with Gasteiger partial charge in [-0.25, -0.2) is 0 Å². The standard InChI is InChI=1S/C13H20N2OS/c1-9-3-4-11(10(2)7-9)13(15-14)12-8-17-6-5-16-12/h3-4,7,12-13,15H,5-6,8,14H2,1-2H3. The van der Waals surface area contributed by atoms with Crippen molar-refractivity contribution >= 4 is 11.8 Å². The molecule has 1 aliphatic rings. The molecule has 0 radical (unpaired) electrons. The minimum Gasteiger partial charge on any atom is -0.374 e. The van der Waals surface area contributed by atoms with E-state index < -0.39 is 0 Å². The molecular formula is C13H20N2OS. The second-order valence-corrected chi connectivity index (χ2v) is 5.64. The quantitative estimate of drug-likeness (QED) is 0.637. The van der Waals surface area contributed by atoms with Crippen molar-refractivity contribution in [2.45, 2.75) is 26.0 Å². The van der Waals surface area contributed by atoms with E-state index in [1.165, 1.54) is 16.7 Å². The first-order valence-electron chi connectivity index (χ1n) is 5.95. The van der Waals surface area contributed by atoms with Gasteiger partial charge in [0.15, 0.2) is 0 Å². The van der Waals surface area contributed by atoms with Crippen LogP contribution in [-0.2, 0) is 4.74 Å². The zero-order chi connectivity index (χ0) is 12.3. The van der Waals surface area contributed by atoms with Crippen molar-refractivity contribution in [3.63, 3.8) is 0 Å². The van der Waals surface area contributed by atoms with E-state index in [4.69, 9.17) is 10.6 Å². The van der Waals surface area contributed by atoms with Crippen molar-refractivity contribution < 1.29 is 4.74 Å². The van der Waals surface area contributed by atoms with Gasteiger partial charge in [-0.1, -0.05) is 23.8 Å². The van der Waals surface area contributed by atoms with Crippen LogP contribution in [0.25, 0.3) is 0 Å². The zero-order valence-corrected chi connectivity index (χ0v) is 11.2. The van der Waals surface area contributed by atoms with Gasteiger partial charge in [0.1, 0.15) is 0 Å². The summed E-state index contributed by atoms with van der Waals surface area (Å²) in [6.45, 7) is 5.05. The topological polar surface area (TPSA) is 47.3 Å². The number of aryl methyl sites for hydroxylation is 2. The zero-order valence-electron chi connectivity index (χ0n) is 10.4. The fraction of sp³-hybridized carbons (Fsp3) is 0.538. The first-order valence-corrected chi connectivity index (χ1v) is 7.10. The maximum Gasteiger partial charge on any atom is 0.0873 e. The van der Waals surface area contributed by atoms with E-state index in [2.05, 4.69) is 37.5 Å². The van der Waals surface area contributed by atoms with Gasteiger partial charge in [-0.2, -0.15) is 11.8 Å². The number of nitrogens with one attached hydrogen (secondary N) is 1. The predicted octanol–water partition coefficient (Wildman–Crippen LogP) is 1.94. The van der Waals surface area contributed by atoms with Gasteiger partial charge in [-0.15, -0.1) is 0 Å². The molecule has 3 N–H and O–H groups in total. The van der Waals surface area contributed by atoms with Crippen molar-refractivity contribution in [1.82, 2.24) is 5.43 Å². The van der Waals surface area contributed by atoms with E-state index in [0.29, 0.717) is 0 Å². The Morgan fingerprint density at radius 2 is 2.29 bits per heavy atom. The molecule has 3 nitrogen and oxygen atoms in total. The number of hydrazine groups is 1. The van der Waals surface area contributed by atoms with Gasteiger partial charge >= 0.3 is 0 Å². The molecule has 1 aromatic rings. The Hall–Kier alpha value is -0.550. The Labute approximate surface area is 107 Å². The molecule has 0 aliphatic carbocycles. The number of ether oxygens (including phenoxy) is 1. The van der Waals surface area contributed by atoms with Crippen LogP contribution in [-0.4, -0.2) is 24.2 Å². The first-order chi connectivity index (χ1) is 8.22. The van der Waals surface area contributed by atoms with Crippen LogP contribution < -0.4 is 11.3 Å². The number of thioether (sulfide) groups is 1. The molecule has 1 fully saturated rings. The molecule has 4 heteroatoms. The summed E-state index contributed by atoms with van der Waals surface area (Å²) in [6, 6.07) is 6.55. The highest BCUT2D eigenvalue weighted by atomic mass is 32.2. The molecule has 2 atom stereocenters. The molecule has 0 amide bonds. The van der Waals surface area contributed by atoms with Crippen molar-refractivity contribution in [3.05, 3.63) is 34.9 Å². The largest absolute Gasteiger partial charge is 0.374 e. The lowest BCUT2D eigenvalue weighted by Gasteiger charge is -2.31.